The molecule has 2 aromatic rings. The van der Waals surface area contributed by atoms with Gasteiger partial charge in [0.2, 0.25) is 17.8 Å². The smallest absolute Gasteiger partial charge is 0.247 e. The minimum atomic E-state index is -0.623. The molecule has 2 amide bonds. The molecule has 2 fully saturated rings. The fourth-order valence-electron chi connectivity index (χ4n) is 4.08. The summed E-state index contributed by atoms with van der Waals surface area (Å²) >= 11 is 1.66. The van der Waals surface area contributed by atoms with Crippen LogP contribution >= 0.6 is 11.3 Å². The van der Waals surface area contributed by atoms with Crippen LogP contribution in [-0.2, 0) is 9.59 Å². The second-order valence-electron chi connectivity index (χ2n) is 7.87. The average Bonchev–Trinajstić information content (AvgIpc) is 3.43. The Hall–Kier alpha value is -3.12. The molecule has 0 spiro atoms. The van der Waals surface area contributed by atoms with E-state index in [4.69, 9.17) is 0 Å². The number of nitrogens with one attached hydrogen (secondary N) is 2. The number of fused-ring (bicyclic) bond motifs is 1. The van der Waals surface area contributed by atoms with Crippen molar-refractivity contribution in [1.29, 1.82) is 5.26 Å². The van der Waals surface area contributed by atoms with Gasteiger partial charge in [0.1, 0.15) is 6.04 Å². The molecule has 0 unspecified atom stereocenters. The molecule has 1 aromatic carbocycles. The summed E-state index contributed by atoms with van der Waals surface area (Å²) in [5, 5.41) is 18.0. The number of likely N-dealkylation sites (tertiary alicyclic amines) is 2. The van der Waals surface area contributed by atoms with Crippen molar-refractivity contribution in [2.45, 2.75) is 38.1 Å². The van der Waals surface area contributed by atoms with E-state index in [2.05, 4.69) is 15.6 Å². The van der Waals surface area contributed by atoms with Gasteiger partial charge in [0.15, 0.2) is 6.19 Å². The summed E-state index contributed by atoms with van der Waals surface area (Å²) in [6.07, 6.45) is 6.22. The van der Waals surface area contributed by atoms with E-state index in [1.165, 1.54) is 4.70 Å². The lowest BCUT2D eigenvalue weighted by Gasteiger charge is -2.25. The van der Waals surface area contributed by atoms with Crippen molar-refractivity contribution in [2.24, 2.45) is 4.99 Å². The third-order valence-corrected chi connectivity index (χ3v) is 6.61. The van der Waals surface area contributed by atoms with Crippen LogP contribution in [0.1, 0.15) is 32.1 Å². The van der Waals surface area contributed by atoms with Gasteiger partial charge in [-0.3, -0.25) is 14.9 Å². The summed E-state index contributed by atoms with van der Waals surface area (Å²) in [5.74, 6) is 0.0913. The number of nitriles is 1. The molecule has 8 nitrogen and oxygen atoms in total. The Bertz CT molecular complexity index is 1020. The Kier molecular flexibility index (Phi) is 6.67. The zero-order chi connectivity index (χ0) is 21.6. The first-order valence-corrected chi connectivity index (χ1v) is 11.6. The van der Waals surface area contributed by atoms with Crippen LogP contribution in [0.3, 0.4) is 0 Å². The monoisotopic (exact) mass is 438 g/mol. The van der Waals surface area contributed by atoms with E-state index in [9.17, 15) is 14.9 Å². The fourth-order valence-corrected chi connectivity index (χ4v) is 4.85. The molecule has 31 heavy (non-hydrogen) atoms. The maximum atomic E-state index is 13.1. The van der Waals surface area contributed by atoms with E-state index in [0.717, 1.165) is 49.8 Å². The molecule has 2 aliphatic heterocycles. The number of carbonyl (C=O) groups is 2. The summed E-state index contributed by atoms with van der Waals surface area (Å²) < 4.78 is 1.18. The number of amides is 2. The summed E-state index contributed by atoms with van der Waals surface area (Å²) in [6, 6.07) is 7.32. The second kappa shape index (κ2) is 9.79. The number of hydrogen-bond donors (Lipinski definition) is 2. The van der Waals surface area contributed by atoms with E-state index in [-0.39, 0.29) is 24.3 Å². The Morgan fingerprint density at radius 2 is 2.00 bits per heavy atom. The zero-order valence-corrected chi connectivity index (χ0v) is 18.2. The minimum Gasteiger partial charge on any atom is -0.341 e. The molecule has 1 atom stereocenters. The van der Waals surface area contributed by atoms with Crippen molar-refractivity contribution in [1.82, 2.24) is 15.1 Å². The molecular weight excluding hydrogens is 412 g/mol. The number of rotatable bonds is 4. The normalized spacial score (nSPS) is 19.9. The number of nitrogens with zero attached hydrogens (tertiary/aromatic N) is 4. The summed E-state index contributed by atoms with van der Waals surface area (Å²) in [6.45, 7) is 2.22. The van der Waals surface area contributed by atoms with Gasteiger partial charge in [-0.25, -0.2) is 4.99 Å². The number of anilines is 1. The van der Waals surface area contributed by atoms with E-state index in [0.29, 0.717) is 13.0 Å². The van der Waals surface area contributed by atoms with Crippen LogP contribution in [0.25, 0.3) is 10.1 Å². The van der Waals surface area contributed by atoms with E-state index < -0.39 is 6.04 Å². The van der Waals surface area contributed by atoms with Gasteiger partial charge in [0, 0.05) is 30.0 Å². The maximum Gasteiger partial charge on any atom is 0.247 e. The van der Waals surface area contributed by atoms with Crippen LogP contribution in [0, 0.1) is 11.5 Å². The van der Waals surface area contributed by atoms with Gasteiger partial charge in [-0.05, 0) is 67.1 Å². The molecule has 3 heterocycles. The highest BCUT2D eigenvalue weighted by atomic mass is 32.1. The highest BCUT2D eigenvalue weighted by Crippen LogP contribution is 2.24. The number of hydrogen-bond acceptors (Lipinski definition) is 5. The van der Waals surface area contributed by atoms with Crippen LogP contribution in [0.15, 0.2) is 34.6 Å². The lowest BCUT2D eigenvalue weighted by atomic mass is 10.1. The molecule has 2 N–H and O–H groups in total. The lowest BCUT2D eigenvalue weighted by Crippen LogP contribution is -2.45. The maximum absolute atomic E-state index is 13.1. The summed E-state index contributed by atoms with van der Waals surface area (Å²) in [7, 11) is 0. The Balaban J connectivity index is 1.48. The molecule has 4 rings (SSSR count). The van der Waals surface area contributed by atoms with Crippen molar-refractivity contribution in [3.63, 3.8) is 0 Å². The predicted octanol–water partition coefficient (Wildman–Crippen LogP) is 2.74. The highest BCUT2D eigenvalue weighted by Gasteiger charge is 2.30. The first-order chi connectivity index (χ1) is 15.1. The number of guanidine groups is 1. The Labute approximate surface area is 185 Å². The summed E-state index contributed by atoms with van der Waals surface area (Å²) in [5.41, 5.74) is 0.787. The van der Waals surface area contributed by atoms with Gasteiger partial charge >= 0.3 is 0 Å². The standard InChI is InChI=1S/C22H26N6O2S/c23-15-24-22(25-17-6-7-19-16(13-17)8-12-31-19)26-18-5-1-2-11-28(21(18)30)14-20(29)27-9-3-4-10-27/h6-8,12-13,18H,1-5,9-11,14H2,(H2,24,25,26)/t18-/m0/s1. The van der Waals surface area contributed by atoms with Gasteiger partial charge < -0.3 is 15.1 Å². The molecule has 0 radical (unpaired) electrons. The predicted molar refractivity (Wildman–Crippen MR) is 122 cm³/mol. The first-order valence-electron chi connectivity index (χ1n) is 10.7. The largest absolute Gasteiger partial charge is 0.341 e. The minimum absolute atomic E-state index is 0.00745. The van der Waals surface area contributed by atoms with Crippen molar-refractivity contribution < 1.29 is 9.59 Å². The van der Waals surface area contributed by atoms with Gasteiger partial charge in [0.25, 0.3) is 0 Å². The zero-order valence-electron chi connectivity index (χ0n) is 17.3. The van der Waals surface area contributed by atoms with Crippen molar-refractivity contribution in [3.8, 4) is 6.19 Å². The molecule has 162 valence electrons. The molecule has 1 aromatic heterocycles. The molecule has 9 heteroatoms. The first kappa shape index (κ1) is 21.1. The Morgan fingerprint density at radius 3 is 2.81 bits per heavy atom. The van der Waals surface area contributed by atoms with Crippen molar-refractivity contribution >= 4 is 44.9 Å². The van der Waals surface area contributed by atoms with E-state index >= 15 is 0 Å². The third-order valence-electron chi connectivity index (χ3n) is 5.71. The number of aliphatic imine (C=N–C) groups is 1. The number of benzene rings is 1. The molecule has 2 saturated heterocycles. The molecule has 0 saturated carbocycles. The van der Waals surface area contributed by atoms with E-state index in [1.807, 2.05) is 40.7 Å². The van der Waals surface area contributed by atoms with Gasteiger partial charge in [0.05, 0.1) is 6.54 Å². The summed E-state index contributed by atoms with van der Waals surface area (Å²) in [4.78, 5) is 33.7. The van der Waals surface area contributed by atoms with Crippen LogP contribution in [0.4, 0.5) is 5.69 Å². The fraction of sp³-hybridized carbons (Fsp3) is 0.455. The molecule has 2 aliphatic rings. The van der Waals surface area contributed by atoms with Gasteiger partial charge in [-0.15, -0.1) is 11.3 Å². The molecule has 0 aliphatic carbocycles. The number of thiophene rings is 1. The third kappa shape index (κ3) is 5.14. The average molecular weight is 439 g/mol. The van der Waals surface area contributed by atoms with E-state index in [1.54, 1.807) is 16.2 Å². The van der Waals surface area contributed by atoms with Crippen LogP contribution < -0.4 is 10.6 Å². The van der Waals surface area contributed by atoms with Crippen molar-refractivity contribution in [3.05, 3.63) is 29.6 Å². The highest BCUT2D eigenvalue weighted by molar-refractivity contribution is 7.17. The second-order valence-corrected chi connectivity index (χ2v) is 8.82. The SMILES string of the molecule is N#CNC(=N[C@H]1CCCCN(CC(=O)N2CCCC2)C1=O)Nc1ccc2sccc2c1. The van der Waals surface area contributed by atoms with Crippen LogP contribution in [0.5, 0.6) is 0 Å². The quantitative estimate of drug-likeness (QED) is 0.331. The van der Waals surface area contributed by atoms with Gasteiger partial charge in [-0.1, -0.05) is 0 Å². The van der Waals surface area contributed by atoms with Gasteiger partial charge in [-0.2, -0.15) is 5.26 Å². The molecule has 0 bridgehead atoms. The Morgan fingerprint density at radius 1 is 1.19 bits per heavy atom. The van der Waals surface area contributed by atoms with Crippen LogP contribution in [-0.4, -0.2) is 59.8 Å². The molecular formula is C22H26N6O2S. The van der Waals surface area contributed by atoms with Crippen LogP contribution in [0.2, 0.25) is 0 Å². The van der Waals surface area contributed by atoms with Crippen molar-refractivity contribution in [2.75, 3.05) is 31.5 Å². The topological polar surface area (TPSA) is 101 Å². The lowest BCUT2D eigenvalue weighted by molar-refractivity contribution is -0.140. The number of carbonyl (C=O) groups excluding carboxylic acids is 2.